The van der Waals surface area contributed by atoms with Gasteiger partial charge in [0.25, 0.3) is 0 Å². The first-order valence-electron chi connectivity index (χ1n) is 12.0. The molecule has 7 nitrogen and oxygen atoms in total. The molecule has 0 aliphatic rings. The van der Waals surface area contributed by atoms with Crippen molar-refractivity contribution >= 4 is 12.1 Å². The summed E-state index contributed by atoms with van der Waals surface area (Å²) in [6.07, 6.45) is 4.80. The molecule has 2 heterocycles. The Balaban J connectivity index is 1.73. The summed E-state index contributed by atoms with van der Waals surface area (Å²) in [5, 5.41) is 0. The Kier molecular flexibility index (Phi) is 8.24. The lowest BCUT2D eigenvalue weighted by Crippen LogP contribution is -2.18. The summed E-state index contributed by atoms with van der Waals surface area (Å²) in [6, 6.07) is 21.3. The first-order valence-corrected chi connectivity index (χ1v) is 12.0. The van der Waals surface area contributed by atoms with E-state index >= 15 is 0 Å². The fourth-order valence-corrected chi connectivity index (χ4v) is 3.90. The van der Waals surface area contributed by atoms with Gasteiger partial charge < -0.3 is 9.47 Å². The van der Waals surface area contributed by atoms with E-state index in [1.807, 2.05) is 73.7 Å². The molecule has 0 aliphatic carbocycles. The van der Waals surface area contributed by atoms with Crippen molar-refractivity contribution in [2.45, 2.75) is 39.7 Å². The van der Waals surface area contributed by atoms with Crippen LogP contribution in [-0.4, -0.2) is 33.2 Å². The van der Waals surface area contributed by atoms with Crippen molar-refractivity contribution in [1.82, 2.24) is 14.5 Å². The van der Waals surface area contributed by atoms with Gasteiger partial charge in [0.05, 0.1) is 18.0 Å². The molecule has 0 atom stereocenters. The fraction of sp³-hybridized carbons (Fsp3) is 0.241. The zero-order valence-electron chi connectivity index (χ0n) is 20.5. The maximum Gasteiger partial charge on any atom is 0.420 e. The van der Waals surface area contributed by atoms with Gasteiger partial charge in [-0.05, 0) is 37.5 Å². The Morgan fingerprint density at radius 2 is 1.58 bits per heavy atom. The van der Waals surface area contributed by atoms with E-state index < -0.39 is 6.09 Å². The van der Waals surface area contributed by atoms with E-state index in [1.54, 1.807) is 17.0 Å². The molecule has 0 unspecified atom stereocenters. The van der Waals surface area contributed by atoms with Crippen LogP contribution >= 0.6 is 0 Å². The van der Waals surface area contributed by atoms with Crippen LogP contribution in [0.15, 0.2) is 79.1 Å². The lowest BCUT2D eigenvalue weighted by molar-refractivity contribution is -0.141. The molecule has 0 saturated heterocycles. The number of benzene rings is 2. The number of unbranched alkanes of at least 4 members (excludes halogenated alkanes) is 1. The molecular formula is C29H29N3O4. The number of rotatable bonds is 9. The van der Waals surface area contributed by atoms with Gasteiger partial charge in [-0.15, -0.1) is 0 Å². The van der Waals surface area contributed by atoms with Gasteiger partial charge >= 0.3 is 12.1 Å². The average Bonchev–Trinajstić information content (AvgIpc) is 3.28. The minimum Gasteiger partial charge on any atom is -0.466 e. The third-order valence-electron chi connectivity index (χ3n) is 5.71. The van der Waals surface area contributed by atoms with Gasteiger partial charge in [0.1, 0.15) is 12.4 Å². The first kappa shape index (κ1) is 24.9. The highest BCUT2D eigenvalue weighted by Gasteiger charge is 2.25. The Labute approximate surface area is 210 Å². The van der Waals surface area contributed by atoms with E-state index in [1.165, 1.54) is 6.92 Å². The molecule has 2 aromatic heterocycles. The van der Waals surface area contributed by atoms with Gasteiger partial charge in [0, 0.05) is 36.9 Å². The van der Waals surface area contributed by atoms with Gasteiger partial charge in [-0.1, -0.05) is 60.2 Å². The highest BCUT2D eigenvalue weighted by Crippen LogP contribution is 2.34. The fourth-order valence-electron chi connectivity index (χ4n) is 3.90. The molecule has 0 fully saturated rings. The van der Waals surface area contributed by atoms with Crippen molar-refractivity contribution in [2.24, 2.45) is 0 Å². The van der Waals surface area contributed by atoms with Crippen molar-refractivity contribution in [3.05, 3.63) is 96.1 Å². The predicted octanol–water partition coefficient (Wildman–Crippen LogP) is 5.99. The van der Waals surface area contributed by atoms with E-state index in [4.69, 9.17) is 14.5 Å². The normalized spacial score (nSPS) is 10.7. The molecule has 0 aliphatic heterocycles. The molecule has 2 aromatic carbocycles. The molecular weight excluding hydrogens is 454 g/mol. The van der Waals surface area contributed by atoms with Crippen LogP contribution in [-0.2, 0) is 27.3 Å². The molecule has 0 N–H and O–H groups in total. The number of pyridine rings is 1. The number of aromatic nitrogens is 3. The number of nitrogens with zero attached hydrogens (tertiary/aromatic N) is 3. The second kappa shape index (κ2) is 11.9. The van der Waals surface area contributed by atoms with E-state index in [0.717, 1.165) is 22.3 Å². The van der Waals surface area contributed by atoms with Crippen LogP contribution in [0.1, 0.15) is 36.7 Å². The Morgan fingerprint density at radius 3 is 2.28 bits per heavy atom. The van der Waals surface area contributed by atoms with Gasteiger partial charge in [-0.2, -0.15) is 0 Å². The maximum atomic E-state index is 13.5. The molecule has 4 aromatic rings. The number of hydrogen-bond acceptors (Lipinski definition) is 6. The van der Waals surface area contributed by atoms with Gasteiger partial charge in [0.15, 0.2) is 0 Å². The Bertz CT molecular complexity index is 1300. The maximum absolute atomic E-state index is 13.5. The molecule has 0 spiro atoms. The minimum atomic E-state index is -0.489. The summed E-state index contributed by atoms with van der Waals surface area (Å²) in [7, 11) is 0. The Morgan fingerprint density at radius 1 is 0.861 bits per heavy atom. The highest BCUT2D eigenvalue weighted by atomic mass is 16.5. The second-order valence-electron chi connectivity index (χ2n) is 8.50. The van der Waals surface area contributed by atoms with Crippen molar-refractivity contribution in [1.29, 1.82) is 0 Å². The molecule has 36 heavy (non-hydrogen) atoms. The van der Waals surface area contributed by atoms with Crippen molar-refractivity contribution in [2.75, 3.05) is 6.61 Å². The van der Waals surface area contributed by atoms with Crippen LogP contribution in [0.25, 0.3) is 22.5 Å². The zero-order valence-corrected chi connectivity index (χ0v) is 20.5. The number of carbonyl (C=O) groups excluding carboxylic acids is 2. The molecule has 0 saturated carbocycles. The van der Waals surface area contributed by atoms with Gasteiger partial charge in [-0.25, -0.2) is 14.3 Å². The monoisotopic (exact) mass is 483 g/mol. The number of carbonyl (C=O) groups is 2. The van der Waals surface area contributed by atoms with Crippen LogP contribution in [0.2, 0.25) is 0 Å². The summed E-state index contributed by atoms with van der Waals surface area (Å²) < 4.78 is 12.4. The minimum absolute atomic E-state index is 0.154. The Hall–Kier alpha value is -4.26. The van der Waals surface area contributed by atoms with E-state index in [0.29, 0.717) is 43.1 Å². The lowest BCUT2D eigenvalue weighted by Gasteiger charge is -2.13. The molecule has 0 amide bonds. The quantitative estimate of drug-likeness (QED) is 0.215. The standard InChI is InChI=1S/C29H29N3O4/c1-21-11-13-25(14-12-21)28-27(24-15-17-30-18-16-24)31-26(10-6-7-19-35-22(2)33)32(28)29(34)36-20-23-8-4-3-5-9-23/h3-5,8-9,11-18H,6-7,10,19-20H2,1-2H3. The SMILES string of the molecule is CC(=O)OCCCCc1nc(-c2ccncc2)c(-c2ccc(C)cc2)n1C(=O)OCc1ccccc1. The number of imidazole rings is 1. The van der Waals surface area contributed by atoms with Crippen LogP contribution in [0.4, 0.5) is 4.79 Å². The van der Waals surface area contributed by atoms with Crippen LogP contribution < -0.4 is 0 Å². The third kappa shape index (κ3) is 6.24. The molecule has 7 heteroatoms. The summed E-state index contributed by atoms with van der Waals surface area (Å²) in [4.78, 5) is 33.7. The predicted molar refractivity (Wildman–Crippen MR) is 137 cm³/mol. The van der Waals surface area contributed by atoms with Crippen molar-refractivity contribution < 1.29 is 19.1 Å². The summed E-state index contributed by atoms with van der Waals surface area (Å²) in [6.45, 7) is 3.90. The molecule has 4 rings (SSSR count). The highest BCUT2D eigenvalue weighted by molar-refractivity contribution is 5.87. The molecule has 184 valence electrons. The summed E-state index contributed by atoms with van der Waals surface area (Å²) >= 11 is 0. The molecule has 0 radical (unpaired) electrons. The number of ether oxygens (including phenoxy) is 2. The van der Waals surface area contributed by atoms with Gasteiger partial charge in [-0.3, -0.25) is 9.78 Å². The second-order valence-corrected chi connectivity index (χ2v) is 8.50. The van der Waals surface area contributed by atoms with E-state index in [-0.39, 0.29) is 12.6 Å². The lowest BCUT2D eigenvalue weighted by atomic mass is 10.0. The number of aryl methyl sites for hydroxylation is 2. The van der Waals surface area contributed by atoms with Crippen LogP contribution in [0, 0.1) is 6.92 Å². The largest absolute Gasteiger partial charge is 0.466 e. The smallest absolute Gasteiger partial charge is 0.420 e. The number of hydrogen-bond donors (Lipinski definition) is 0. The third-order valence-corrected chi connectivity index (χ3v) is 5.71. The topological polar surface area (TPSA) is 83.3 Å². The van der Waals surface area contributed by atoms with Crippen molar-refractivity contribution in [3.63, 3.8) is 0 Å². The zero-order chi connectivity index (χ0) is 25.3. The summed E-state index contributed by atoms with van der Waals surface area (Å²) in [5.74, 6) is 0.292. The van der Waals surface area contributed by atoms with Crippen molar-refractivity contribution in [3.8, 4) is 22.5 Å². The number of esters is 1. The average molecular weight is 484 g/mol. The summed E-state index contributed by atoms with van der Waals surface area (Å²) in [5.41, 5.74) is 5.11. The van der Waals surface area contributed by atoms with E-state index in [9.17, 15) is 9.59 Å². The van der Waals surface area contributed by atoms with E-state index in [2.05, 4.69) is 4.98 Å². The van der Waals surface area contributed by atoms with Gasteiger partial charge in [0.2, 0.25) is 0 Å². The first-order chi connectivity index (χ1) is 17.5. The van der Waals surface area contributed by atoms with Crippen LogP contribution in [0.3, 0.4) is 0 Å². The van der Waals surface area contributed by atoms with Crippen LogP contribution in [0.5, 0.6) is 0 Å². The molecule has 0 bridgehead atoms.